The number of carbonyl (C=O) groups is 1. The fraction of sp³-hybridized carbons (Fsp3) is 0.400. The molecule has 4 rings (SSSR count). The lowest BCUT2D eigenvalue weighted by Crippen LogP contribution is -2.39. The quantitative estimate of drug-likeness (QED) is 0.703. The number of piperidine rings is 1. The maximum absolute atomic E-state index is 12.6. The summed E-state index contributed by atoms with van der Waals surface area (Å²) in [6, 6.07) is 5.77. The first-order valence-electron chi connectivity index (χ1n) is 9.14. The molecule has 0 spiro atoms. The molecule has 140 valence electrons. The van der Waals surface area contributed by atoms with Gasteiger partial charge in [0.1, 0.15) is 5.76 Å². The number of hydrogen-bond acceptors (Lipinski definition) is 6. The van der Waals surface area contributed by atoms with Crippen molar-refractivity contribution in [2.75, 3.05) is 13.1 Å². The summed E-state index contributed by atoms with van der Waals surface area (Å²) in [4.78, 5) is 19.1. The molecule has 1 atom stereocenters. The molecular formula is C20H22N4O3. The first-order chi connectivity index (χ1) is 13.0. The molecule has 0 aliphatic carbocycles. The predicted octanol–water partition coefficient (Wildman–Crippen LogP) is 3.67. The van der Waals surface area contributed by atoms with E-state index in [0.29, 0.717) is 18.0 Å². The molecule has 1 aliphatic rings. The Morgan fingerprint density at radius 3 is 2.67 bits per heavy atom. The second kappa shape index (κ2) is 6.98. The highest BCUT2D eigenvalue weighted by atomic mass is 16.5. The van der Waals surface area contributed by atoms with Crippen molar-refractivity contribution in [2.24, 2.45) is 0 Å². The van der Waals surface area contributed by atoms with Gasteiger partial charge in [-0.15, -0.1) is 0 Å². The Morgan fingerprint density at radius 2 is 2.04 bits per heavy atom. The maximum Gasteiger partial charge on any atom is 0.292 e. The van der Waals surface area contributed by atoms with E-state index in [2.05, 4.69) is 21.4 Å². The second-order valence-electron chi connectivity index (χ2n) is 7.09. The first-order valence-corrected chi connectivity index (χ1v) is 9.14. The van der Waals surface area contributed by atoms with E-state index in [9.17, 15) is 4.79 Å². The molecule has 0 saturated carbocycles. The number of carbonyl (C=O) groups excluding carboxylic acids is 1. The van der Waals surface area contributed by atoms with Crippen molar-refractivity contribution in [3.8, 4) is 11.1 Å². The van der Waals surface area contributed by atoms with Crippen LogP contribution in [-0.4, -0.2) is 39.2 Å². The van der Waals surface area contributed by atoms with Crippen molar-refractivity contribution in [3.05, 3.63) is 53.0 Å². The molecule has 0 radical (unpaired) electrons. The highest BCUT2D eigenvalue weighted by Gasteiger charge is 2.28. The normalized spacial score (nSPS) is 17.3. The zero-order chi connectivity index (χ0) is 19.0. The molecule has 27 heavy (non-hydrogen) atoms. The van der Waals surface area contributed by atoms with Crippen LogP contribution in [0, 0.1) is 20.8 Å². The summed E-state index contributed by atoms with van der Waals surface area (Å²) in [7, 11) is 0. The van der Waals surface area contributed by atoms with Crippen molar-refractivity contribution >= 4 is 5.91 Å². The monoisotopic (exact) mass is 366 g/mol. The molecular weight excluding hydrogens is 344 g/mol. The standard InChI is InChI=1S/C20H22N4O3/c1-12-9-18(27-22-12)20(25)24-8-4-5-16(11-24)17-7-6-15(10-21-17)19-13(2)23-26-14(19)3/h6-7,9-10,16H,4-5,8,11H2,1-3H3. The summed E-state index contributed by atoms with van der Waals surface area (Å²) >= 11 is 0. The third kappa shape index (κ3) is 3.37. The lowest BCUT2D eigenvalue weighted by molar-refractivity contribution is 0.0664. The molecule has 3 aromatic rings. The van der Waals surface area contributed by atoms with Gasteiger partial charge in [0.15, 0.2) is 0 Å². The summed E-state index contributed by atoms with van der Waals surface area (Å²) in [6.45, 7) is 7.00. The lowest BCUT2D eigenvalue weighted by Gasteiger charge is -2.31. The largest absolute Gasteiger partial charge is 0.361 e. The van der Waals surface area contributed by atoms with E-state index in [1.54, 1.807) is 6.07 Å². The van der Waals surface area contributed by atoms with E-state index in [4.69, 9.17) is 9.05 Å². The summed E-state index contributed by atoms with van der Waals surface area (Å²) in [5, 5.41) is 7.81. The van der Waals surface area contributed by atoms with Crippen molar-refractivity contribution in [1.82, 2.24) is 20.2 Å². The molecule has 3 aromatic heterocycles. The highest BCUT2D eigenvalue weighted by Crippen LogP contribution is 2.30. The molecule has 1 saturated heterocycles. The predicted molar refractivity (Wildman–Crippen MR) is 98.3 cm³/mol. The van der Waals surface area contributed by atoms with Gasteiger partial charge in [-0.25, -0.2) is 0 Å². The van der Waals surface area contributed by atoms with Crippen molar-refractivity contribution in [2.45, 2.75) is 39.5 Å². The number of amides is 1. The number of likely N-dealkylation sites (tertiary alicyclic amines) is 1. The topological polar surface area (TPSA) is 85.3 Å². The Labute approximate surface area is 157 Å². The van der Waals surface area contributed by atoms with Crippen LogP contribution >= 0.6 is 0 Å². The van der Waals surface area contributed by atoms with Gasteiger partial charge in [0.05, 0.1) is 11.4 Å². The van der Waals surface area contributed by atoms with Crippen LogP contribution < -0.4 is 0 Å². The summed E-state index contributed by atoms with van der Waals surface area (Å²) in [5.74, 6) is 1.20. The molecule has 7 nitrogen and oxygen atoms in total. The average Bonchev–Trinajstić information content (AvgIpc) is 3.27. The number of hydrogen-bond donors (Lipinski definition) is 0. The van der Waals surface area contributed by atoms with Crippen LogP contribution in [0.15, 0.2) is 33.4 Å². The Bertz CT molecular complexity index is 939. The highest BCUT2D eigenvalue weighted by molar-refractivity contribution is 5.91. The van der Waals surface area contributed by atoms with Gasteiger partial charge in [-0.3, -0.25) is 9.78 Å². The van der Waals surface area contributed by atoms with E-state index in [1.165, 1.54) is 0 Å². The van der Waals surface area contributed by atoms with Crippen molar-refractivity contribution in [1.29, 1.82) is 0 Å². The molecule has 1 unspecified atom stereocenters. The molecule has 4 heterocycles. The van der Waals surface area contributed by atoms with Gasteiger partial charge in [0.25, 0.3) is 5.91 Å². The van der Waals surface area contributed by atoms with Crippen LogP contribution in [0.4, 0.5) is 0 Å². The van der Waals surface area contributed by atoms with Gasteiger partial charge in [-0.2, -0.15) is 0 Å². The number of nitrogens with zero attached hydrogens (tertiary/aromatic N) is 4. The third-order valence-electron chi connectivity index (χ3n) is 5.07. The van der Waals surface area contributed by atoms with Crippen LogP contribution in [0.3, 0.4) is 0 Å². The second-order valence-corrected chi connectivity index (χ2v) is 7.09. The minimum atomic E-state index is -0.104. The fourth-order valence-corrected chi connectivity index (χ4v) is 3.71. The number of aromatic nitrogens is 3. The van der Waals surface area contributed by atoms with Crippen LogP contribution in [0.5, 0.6) is 0 Å². The molecule has 1 amide bonds. The zero-order valence-electron chi connectivity index (χ0n) is 15.7. The Kier molecular flexibility index (Phi) is 4.51. The fourth-order valence-electron chi connectivity index (χ4n) is 3.71. The van der Waals surface area contributed by atoms with E-state index in [1.807, 2.05) is 37.9 Å². The van der Waals surface area contributed by atoms with Crippen molar-refractivity contribution < 1.29 is 13.8 Å². The zero-order valence-corrected chi connectivity index (χ0v) is 15.7. The number of pyridine rings is 1. The summed E-state index contributed by atoms with van der Waals surface area (Å²) in [6.07, 6.45) is 3.82. The number of aryl methyl sites for hydroxylation is 3. The Balaban J connectivity index is 1.51. The molecule has 7 heteroatoms. The smallest absolute Gasteiger partial charge is 0.292 e. The van der Waals surface area contributed by atoms with Crippen molar-refractivity contribution in [3.63, 3.8) is 0 Å². The van der Waals surface area contributed by atoms with Crippen LogP contribution in [-0.2, 0) is 0 Å². The van der Waals surface area contributed by atoms with E-state index < -0.39 is 0 Å². The van der Waals surface area contributed by atoms with Gasteiger partial charge in [0, 0.05) is 48.1 Å². The molecule has 0 aromatic carbocycles. The Hall–Kier alpha value is -2.96. The van der Waals surface area contributed by atoms with Crippen LogP contribution in [0.1, 0.15) is 52.2 Å². The van der Waals surface area contributed by atoms with E-state index >= 15 is 0 Å². The molecule has 0 bridgehead atoms. The van der Waals surface area contributed by atoms with Crippen LogP contribution in [0.25, 0.3) is 11.1 Å². The summed E-state index contributed by atoms with van der Waals surface area (Å²) in [5.41, 5.74) is 4.56. The van der Waals surface area contributed by atoms with Crippen LogP contribution in [0.2, 0.25) is 0 Å². The Morgan fingerprint density at radius 1 is 1.19 bits per heavy atom. The molecule has 1 fully saturated rings. The SMILES string of the molecule is Cc1cc(C(=O)N2CCCC(c3ccc(-c4c(C)noc4C)cn3)C2)on1. The van der Waals surface area contributed by atoms with Gasteiger partial charge >= 0.3 is 0 Å². The minimum absolute atomic E-state index is 0.104. The number of rotatable bonds is 3. The molecule has 1 aliphatic heterocycles. The minimum Gasteiger partial charge on any atom is -0.361 e. The maximum atomic E-state index is 12.6. The summed E-state index contributed by atoms with van der Waals surface area (Å²) < 4.78 is 10.4. The van der Waals surface area contributed by atoms with E-state index in [0.717, 1.165) is 47.7 Å². The molecule has 0 N–H and O–H groups in total. The van der Waals surface area contributed by atoms with Gasteiger partial charge in [-0.1, -0.05) is 16.4 Å². The lowest BCUT2D eigenvalue weighted by atomic mass is 9.93. The van der Waals surface area contributed by atoms with Gasteiger partial charge < -0.3 is 13.9 Å². The third-order valence-corrected chi connectivity index (χ3v) is 5.07. The van der Waals surface area contributed by atoms with E-state index in [-0.39, 0.29) is 11.8 Å². The first kappa shape index (κ1) is 17.5. The van der Waals surface area contributed by atoms with Gasteiger partial charge in [0.2, 0.25) is 5.76 Å². The average molecular weight is 366 g/mol. The van der Waals surface area contributed by atoms with Gasteiger partial charge in [-0.05, 0) is 39.7 Å².